The summed E-state index contributed by atoms with van der Waals surface area (Å²) >= 11 is 0. The normalized spacial score (nSPS) is 11.1. The van der Waals surface area contributed by atoms with Gasteiger partial charge in [0.05, 0.1) is 5.69 Å². The molecule has 0 unspecified atom stereocenters. The second-order valence-corrected chi connectivity index (χ2v) is 6.42. The highest BCUT2D eigenvalue weighted by Gasteiger charge is 2.22. The van der Waals surface area contributed by atoms with Gasteiger partial charge in [-0.3, -0.25) is 9.36 Å². The predicted molar refractivity (Wildman–Crippen MR) is 93.9 cm³/mol. The van der Waals surface area contributed by atoms with E-state index >= 15 is 0 Å². The average molecular weight is 371 g/mol. The van der Waals surface area contributed by atoms with Gasteiger partial charge < -0.3 is 9.63 Å². The van der Waals surface area contributed by atoms with Crippen LogP contribution in [0.15, 0.2) is 38.4 Å². The molecule has 140 valence electrons. The summed E-state index contributed by atoms with van der Waals surface area (Å²) in [7, 11) is 0. The van der Waals surface area contributed by atoms with Gasteiger partial charge >= 0.3 is 17.5 Å². The molecule has 0 aliphatic heterocycles. The van der Waals surface area contributed by atoms with Crippen molar-refractivity contribution in [2.24, 2.45) is 5.92 Å². The van der Waals surface area contributed by atoms with Crippen LogP contribution >= 0.6 is 0 Å². The van der Waals surface area contributed by atoms with Crippen molar-refractivity contribution in [3.63, 3.8) is 0 Å². The molecule has 0 aliphatic rings. The van der Waals surface area contributed by atoms with Crippen LogP contribution in [-0.2, 0) is 6.54 Å². The first-order valence-corrected chi connectivity index (χ1v) is 8.16. The second-order valence-electron chi connectivity index (χ2n) is 6.42. The summed E-state index contributed by atoms with van der Waals surface area (Å²) in [6.07, 6.45) is 0. The van der Waals surface area contributed by atoms with E-state index in [1.807, 2.05) is 26.8 Å². The van der Waals surface area contributed by atoms with E-state index in [9.17, 15) is 14.4 Å². The molecule has 0 saturated heterocycles. The number of carboxylic acids is 1. The fraction of sp³-hybridized carbons (Fsp3) is 0.294. The maximum absolute atomic E-state index is 12.8. The molecule has 0 radical (unpaired) electrons. The molecule has 3 aromatic rings. The monoisotopic (exact) mass is 371 g/mol. The number of hydrogen-bond acceptors (Lipinski definition) is 7. The van der Waals surface area contributed by atoms with Gasteiger partial charge in [-0.2, -0.15) is 14.8 Å². The van der Waals surface area contributed by atoms with Crippen LogP contribution in [0.4, 0.5) is 0 Å². The molecule has 0 saturated carbocycles. The van der Waals surface area contributed by atoms with E-state index in [0.717, 1.165) is 14.8 Å². The van der Waals surface area contributed by atoms with Gasteiger partial charge in [0.25, 0.3) is 5.56 Å². The minimum Gasteiger partial charge on any atom is -0.474 e. The van der Waals surface area contributed by atoms with E-state index in [0.29, 0.717) is 5.69 Å². The third-order valence-corrected chi connectivity index (χ3v) is 3.67. The molecular weight excluding hydrogens is 354 g/mol. The lowest BCUT2D eigenvalue weighted by Gasteiger charge is -2.12. The van der Waals surface area contributed by atoms with Crippen molar-refractivity contribution in [2.75, 3.05) is 0 Å². The molecule has 1 aromatic carbocycles. The van der Waals surface area contributed by atoms with E-state index in [4.69, 9.17) is 5.11 Å². The Balaban J connectivity index is 2.29. The minimum absolute atomic E-state index is 0.0106. The van der Waals surface area contributed by atoms with Gasteiger partial charge in [0, 0.05) is 6.54 Å². The first-order valence-electron chi connectivity index (χ1n) is 8.16. The highest BCUT2D eigenvalue weighted by atomic mass is 16.5. The number of benzene rings is 1. The molecule has 0 amide bonds. The second kappa shape index (κ2) is 6.98. The Morgan fingerprint density at radius 3 is 2.63 bits per heavy atom. The van der Waals surface area contributed by atoms with E-state index in [1.165, 1.54) is 0 Å². The molecule has 0 fully saturated rings. The lowest BCUT2D eigenvalue weighted by Crippen LogP contribution is -2.42. The van der Waals surface area contributed by atoms with Crippen LogP contribution in [0, 0.1) is 12.8 Å². The van der Waals surface area contributed by atoms with Crippen LogP contribution < -0.4 is 11.2 Å². The third-order valence-electron chi connectivity index (χ3n) is 3.67. The summed E-state index contributed by atoms with van der Waals surface area (Å²) in [4.78, 5) is 40.3. The summed E-state index contributed by atoms with van der Waals surface area (Å²) in [5.41, 5.74) is -0.230. The number of aryl methyl sites for hydroxylation is 1. The fourth-order valence-corrected chi connectivity index (χ4v) is 2.52. The van der Waals surface area contributed by atoms with Gasteiger partial charge in [-0.15, -0.1) is 0 Å². The number of rotatable bonds is 5. The Labute approximate surface area is 152 Å². The van der Waals surface area contributed by atoms with Gasteiger partial charge in [-0.25, -0.2) is 9.59 Å². The molecule has 1 N–H and O–H groups in total. The first-order chi connectivity index (χ1) is 12.8. The maximum Gasteiger partial charge on any atom is 0.394 e. The average Bonchev–Trinajstić information content (AvgIpc) is 3.08. The van der Waals surface area contributed by atoms with Crippen molar-refractivity contribution in [1.82, 2.24) is 24.5 Å². The zero-order valence-corrected chi connectivity index (χ0v) is 14.9. The lowest BCUT2D eigenvalue weighted by atomic mass is 10.2. The van der Waals surface area contributed by atoms with E-state index in [2.05, 4.69) is 19.8 Å². The van der Waals surface area contributed by atoms with E-state index in [1.54, 1.807) is 18.2 Å². The van der Waals surface area contributed by atoms with Crippen molar-refractivity contribution in [2.45, 2.75) is 27.3 Å². The molecule has 2 heterocycles. The standard InChI is InChI=1S/C17H17N5O5/c1-9(2)8-21-15(23)12(13-18-14(16(24)25)27-20-13)19-22(17(21)26)11-6-4-5-10(3)7-11/h4-7,9H,8H2,1-3H3,(H,24,25). The van der Waals surface area contributed by atoms with Crippen molar-refractivity contribution < 1.29 is 14.4 Å². The largest absolute Gasteiger partial charge is 0.474 e. The number of carbonyl (C=O) groups is 1. The summed E-state index contributed by atoms with van der Waals surface area (Å²) in [5, 5.41) is 16.5. The topological polar surface area (TPSA) is 133 Å². The van der Waals surface area contributed by atoms with Gasteiger partial charge in [0.1, 0.15) is 0 Å². The quantitative estimate of drug-likeness (QED) is 0.705. The van der Waals surface area contributed by atoms with Crippen molar-refractivity contribution in [3.05, 3.63) is 56.6 Å². The molecule has 0 spiro atoms. The molecule has 10 heteroatoms. The SMILES string of the molecule is Cc1cccc(-n2nc(-c3noc(C(=O)O)n3)c(=O)n(CC(C)C)c2=O)c1. The highest BCUT2D eigenvalue weighted by Crippen LogP contribution is 2.11. The van der Waals surface area contributed by atoms with E-state index in [-0.39, 0.29) is 24.0 Å². The van der Waals surface area contributed by atoms with Crippen molar-refractivity contribution in [3.8, 4) is 17.2 Å². The Morgan fingerprint density at radius 1 is 1.30 bits per heavy atom. The lowest BCUT2D eigenvalue weighted by molar-refractivity contribution is 0.0643. The molecule has 0 atom stereocenters. The molecule has 2 aromatic heterocycles. The zero-order valence-electron chi connectivity index (χ0n) is 14.9. The molecule has 27 heavy (non-hydrogen) atoms. The summed E-state index contributed by atoms with van der Waals surface area (Å²) in [5.74, 6) is -2.38. The predicted octanol–water partition coefficient (Wildman–Crippen LogP) is 1.11. The Bertz CT molecular complexity index is 1130. The Kier molecular flexibility index (Phi) is 4.72. The smallest absolute Gasteiger partial charge is 0.394 e. The van der Waals surface area contributed by atoms with Crippen LogP contribution in [0.5, 0.6) is 0 Å². The highest BCUT2D eigenvalue weighted by molar-refractivity contribution is 5.82. The molecule has 10 nitrogen and oxygen atoms in total. The van der Waals surface area contributed by atoms with Crippen LogP contribution in [0.2, 0.25) is 0 Å². The van der Waals surface area contributed by atoms with Crippen LogP contribution in [0.1, 0.15) is 30.1 Å². The Morgan fingerprint density at radius 2 is 2.04 bits per heavy atom. The molecule has 0 aliphatic carbocycles. The maximum atomic E-state index is 12.8. The van der Waals surface area contributed by atoms with Gasteiger partial charge in [0.15, 0.2) is 5.69 Å². The molecule has 0 bridgehead atoms. The number of aromatic nitrogens is 5. The van der Waals surface area contributed by atoms with Gasteiger partial charge in [-0.05, 0) is 30.5 Å². The Hall–Kier alpha value is -3.56. The van der Waals surface area contributed by atoms with Crippen molar-refractivity contribution >= 4 is 5.97 Å². The number of hydrogen-bond donors (Lipinski definition) is 1. The number of carboxylic acid groups (broad SMARTS) is 1. The third kappa shape index (κ3) is 3.54. The molecular formula is C17H17N5O5. The van der Waals surface area contributed by atoms with Crippen LogP contribution in [0.25, 0.3) is 17.2 Å². The van der Waals surface area contributed by atoms with Gasteiger partial charge in [0.2, 0.25) is 5.82 Å². The zero-order chi connectivity index (χ0) is 19.7. The van der Waals surface area contributed by atoms with E-state index < -0.39 is 23.1 Å². The first kappa shape index (κ1) is 18.2. The summed E-state index contributed by atoms with van der Waals surface area (Å²) in [6.45, 7) is 5.74. The fourth-order valence-electron chi connectivity index (χ4n) is 2.52. The van der Waals surface area contributed by atoms with Crippen molar-refractivity contribution in [1.29, 1.82) is 0 Å². The van der Waals surface area contributed by atoms with Crippen LogP contribution in [0.3, 0.4) is 0 Å². The summed E-state index contributed by atoms with van der Waals surface area (Å²) < 4.78 is 6.72. The minimum atomic E-state index is -1.43. The number of nitrogens with zero attached hydrogens (tertiary/aromatic N) is 5. The van der Waals surface area contributed by atoms with Gasteiger partial charge in [-0.1, -0.05) is 31.1 Å². The number of aromatic carboxylic acids is 1. The summed E-state index contributed by atoms with van der Waals surface area (Å²) in [6, 6.07) is 7.03. The van der Waals surface area contributed by atoms with Crippen LogP contribution in [-0.4, -0.2) is 35.6 Å². The molecule has 3 rings (SSSR count).